The molecule has 0 saturated heterocycles. The van der Waals surface area contributed by atoms with Gasteiger partial charge in [0.2, 0.25) is 0 Å². The molecule has 4 nitrogen and oxygen atoms in total. The maximum absolute atomic E-state index is 5.90. The maximum Gasteiger partial charge on any atom is 0.137 e. The highest BCUT2D eigenvalue weighted by molar-refractivity contribution is 5.56. The fourth-order valence-electron chi connectivity index (χ4n) is 2.75. The Bertz CT molecular complexity index is 372. The Morgan fingerprint density at radius 1 is 1.35 bits per heavy atom. The van der Waals surface area contributed by atoms with Gasteiger partial charge in [0.25, 0.3) is 0 Å². The smallest absolute Gasteiger partial charge is 0.137 e. The van der Waals surface area contributed by atoms with E-state index in [1.54, 1.807) is 6.33 Å². The SMILES string of the molecule is CCc1c(N)ncnc1N(C)CC1CCCC1. The summed E-state index contributed by atoms with van der Waals surface area (Å²) in [4.78, 5) is 10.7. The molecule has 0 amide bonds. The van der Waals surface area contributed by atoms with Crippen molar-refractivity contribution in [3.05, 3.63) is 11.9 Å². The van der Waals surface area contributed by atoms with Crippen molar-refractivity contribution < 1.29 is 0 Å². The van der Waals surface area contributed by atoms with Crippen LogP contribution in [0.1, 0.15) is 38.2 Å². The lowest BCUT2D eigenvalue weighted by Crippen LogP contribution is -2.26. The van der Waals surface area contributed by atoms with E-state index in [9.17, 15) is 0 Å². The van der Waals surface area contributed by atoms with Crippen molar-refractivity contribution in [3.8, 4) is 0 Å². The zero-order chi connectivity index (χ0) is 12.3. The molecule has 17 heavy (non-hydrogen) atoms. The number of hydrogen-bond acceptors (Lipinski definition) is 4. The molecule has 0 spiro atoms. The maximum atomic E-state index is 5.90. The van der Waals surface area contributed by atoms with Gasteiger partial charge in [0.05, 0.1) is 0 Å². The van der Waals surface area contributed by atoms with Crippen LogP contribution in [0.2, 0.25) is 0 Å². The molecule has 1 heterocycles. The number of nitrogen functional groups attached to an aromatic ring is 1. The summed E-state index contributed by atoms with van der Waals surface area (Å²) in [6, 6.07) is 0. The molecule has 1 aliphatic rings. The van der Waals surface area contributed by atoms with E-state index in [1.807, 2.05) is 0 Å². The van der Waals surface area contributed by atoms with Crippen LogP contribution in [0, 0.1) is 5.92 Å². The average molecular weight is 234 g/mol. The summed E-state index contributed by atoms with van der Waals surface area (Å²) in [5.74, 6) is 2.45. The van der Waals surface area contributed by atoms with Crippen LogP contribution < -0.4 is 10.6 Å². The summed E-state index contributed by atoms with van der Waals surface area (Å²) in [5.41, 5.74) is 6.98. The molecular weight excluding hydrogens is 212 g/mol. The number of aromatic nitrogens is 2. The second-order valence-corrected chi connectivity index (χ2v) is 4.95. The molecule has 0 aromatic carbocycles. The van der Waals surface area contributed by atoms with Crippen molar-refractivity contribution in [2.45, 2.75) is 39.0 Å². The lowest BCUT2D eigenvalue weighted by molar-refractivity contribution is 0.544. The van der Waals surface area contributed by atoms with Crippen LogP contribution in [0.4, 0.5) is 11.6 Å². The summed E-state index contributed by atoms with van der Waals surface area (Å²) in [6.07, 6.45) is 7.92. The van der Waals surface area contributed by atoms with Gasteiger partial charge in [-0.3, -0.25) is 0 Å². The number of nitrogens with zero attached hydrogens (tertiary/aromatic N) is 3. The van der Waals surface area contributed by atoms with Crippen LogP contribution in [0.15, 0.2) is 6.33 Å². The Labute approximate surface area is 103 Å². The normalized spacial score (nSPS) is 16.4. The lowest BCUT2D eigenvalue weighted by atomic mass is 10.1. The van der Waals surface area contributed by atoms with Crippen LogP contribution in [-0.4, -0.2) is 23.6 Å². The van der Waals surface area contributed by atoms with Crippen LogP contribution in [-0.2, 0) is 6.42 Å². The van der Waals surface area contributed by atoms with Gasteiger partial charge < -0.3 is 10.6 Å². The fourth-order valence-corrected chi connectivity index (χ4v) is 2.75. The third kappa shape index (κ3) is 2.68. The Morgan fingerprint density at radius 3 is 2.71 bits per heavy atom. The monoisotopic (exact) mass is 234 g/mol. The molecule has 1 aliphatic carbocycles. The Morgan fingerprint density at radius 2 is 2.06 bits per heavy atom. The molecular formula is C13H22N4. The van der Waals surface area contributed by atoms with Crippen molar-refractivity contribution in [2.75, 3.05) is 24.2 Å². The van der Waals surface area contributed by atoms with Crippen LogP contribution in [0.5, 0.6) is 0 Å². The Hall–Kier alpha value is -1.32. The molecule has 0 unspecified atom stereocenters. The number of nitrogens with two attached hydrogens (primary N) is 1. The molecule has 1 saturated carbocycles. The summed E-state index contributed by atoms with van der Waals surface area (Å²) in [5, 5.41) is 0. The number of anilines is 2. The van der Waals surface area contributed by atoms with Gasteiger partial charge in [0.15, 0.2) is 0 Å². The van der Waals surface area contributed by atoms with Crippen LogP contribution >= 0.6 is 0 Å². The first-order valence-corrected chi connectivity index (χ1v) is 6.52. The lowest BCUT2D eigenvalue weighted by Gasteiger charge is -2.24. The average Bonchev–Trinajstić information content (AvgIpc) is 2.81. The minimum absolute atomic E-state index is 0.621. The topological polar surface area (TPSA) is 55.0 Å². The van der Waals surface area contributed by atoms with E-state index < -0.39 is 0 Å². The largest absolute Gasteiger partial charge is 0.383 e. The fraction of sp³-hybridized carbons (Fsp3) is 0.692. The highest BCUT2D eigenvalue weighted by Crippen LogP contribution is 2.28. The van der Waals surface area contributed by atoms with Gasteiger partial charge in [-0.15, -0.1) is 0 Å². The Kier molecular flexibility index (Phi) is 3.82. The van der Waals surface area contributed by atoms with Gasteiger partial charge in [-0.2, -0.15) is 0 Å². The first-order chi connectivity index (χ1) is 8.22. The second-order valence-electron chi connectivity index (χ2n) is 4.95. The predicted molar refractivity (Wildman–Crippen MR) is 71.1 cm³/mol. The van der Waals surface area contributed by atoms with Crippen molar-refractivity contribution in [1.82, 2.24) is 9.97 Å². The van der Waals surface area contributed by atoms with E-state index >= 15 is 0 Å². The summed E-state index contributed by atoms with van der Waals surface area (Å²) in [7, 11) is 2.11. The molecule has 94 valence electrons. The van der Waals surface area contributed by atoms with E-state index in [-0.39, 0.29) is 0 Å². The third-order valence-electron chi connectivity index (χ3n) is 3.68. The van der Waals surface area contributed by atoms with E-state index in [1.165, 1.54) is 25.7 Å². The zero-order valence-corrected chi connectivity index (χ0v) is 10.8. The predicted octanol–water partition coefficient (Wildman–Crippen LogP) is 2.25. The first kappa shape index (κ1) is 12.1. The molecule has 1 aromatic rings. The second kappa shape index (κ2) is 5.34. The molecule has 2 N–H and O–H groups in total. The van der Waals surface area contributed by atoms with Gasteiger partial charge in [0.1, 0.15) is 18.0 Å². The van der Waals surface area contributed by atoms with Crippen molar-refractivity contribution in [3.63, 3.8) is 0 Å². The van der Waals surface area contributed by atoms with Crippen molar-refractivity contribution in [2.24, 2.45) is 5.92 Å². The van der Waals surface area contributed by atoms with Crippen LogP contribution in [0.25, 0.3) is 0 Å². The molecule has 0 bridgehead atoms. The molecule has 4 heteroatoms. The summed E-state index contributed by atoms with van der Waals surface area (Å²) in [6.45, 7) is 3.19. The van der Waals surface area contributed by atoms with E-state index in [0.717, 1.165) is 30.3 Å². The number of hydrogen-bond donors (Lipinski definition) is 1. The standard InChI is InChI=1S/C13H22N4/c1-3-11-12(14)15-9-16-13(11)17(2)8-10-6-4-5-7-10/h9-10H,3-8H2,1-2H3,(H2,14,15,16). The van der Waals surface area contributed by atoms with Gasteiger partial charge >= 0.3 is 0 Å². The minimum atomic E-state index is 0.621. The Balaban J connectivity index is 2.12. The zero-order valence-electron chi connectivity index (χ0n) is 10.8. The van der Waals surface area contributed by atoms with E-state index in [2.05, 4.69) is 28.8 Å². The van der Waals surface area contributed by atoms with E-state index in [0.29, 0.717) is 5.82 Å². The quantitative estimate of drug-likeness (QED) is 0.868. The minimum Gasteiger partial charge on any atom is -0.383 e. The van der Waals surface area contributed by atoms with E-state index in [4.69, 9.17) is 5.73 Å². The van der Waals surface area contributed by atoms with Crippen molar-refractivity contribution in [1.29, 1.82) is 0 Å². The first-order valence-electron chi connectivity index (χ1n) is 6.52. The van der Waals surface area contributed by atoms with Gasteiger partial charge in [-0.1, -0.05) is 19.8 Å². The molecule has 1 fully saturated rings. The van der Waals surface area contributed by atoms with Gasteiger partial charge in [0, 0.05) is 19.2 Å². The molecule has 0 atom stereocenters. The molecule has 0 aliphatic heterocycles. The molecule has 1 aromatic heterocycles. The number of rotatable bonds is 4. The highest BCUT2D eigenvalue weighted by Gasteiger charge is 2.19. The highest BCUT2D eigenvalue weighted by atomic mass is 15.2. The van der Waals surface area contributed by atoms with Crippen molar-refractivity contribution >= 4 is 11.6 Å². The van der Waals surface area contributed by atoms with Crippen LogP contribution in [0.3, 0.4) is 0 Å². The summed E-state index contributed by atoms with van der Waals surface area (Å²) < 4.78 is 0. The van der Waals surface area contributed by atoms with Gasteiger partial charge in [-0.05, 0) is 25.2 Å². The molecule has 0 radical (unpaired) electrons. The third-order valence-corrected chi connectivity index (χ3v) is 3.68. The molecule has 2 rings (SSSR count). The summed E-state index contributed by atoms with van der Waals surface area (Å²) >= 11 is 0. The van der Waals surface area contributed by atoms with Gasteiger partial charge in [-0.25, -0.2) is 9.97 Å².